The van der Waals surface area contributed by atoms with Gasteiger partial charge in [-0.25, -0.2) is 0 Å². The maximum atomic E-state index is 6.15. The Bertz CT molecular complexity index is 456. The van der Waals surface area contributed by atoms with Gasteiger partial charge in [0.25, 0.3) is 0 Å². The third-order valence-electron chi connectivity index (χ3n) is 4.80. The van der Waals surface area contributed by atoms with Gasteiger partial charge in [-0.2, -0.15) is 0 Å². The van der Waals surface area contributed by atoms with Gasteiger partial charge < -0.3 is 4.74 Å². The van der Waals surface area contributed by atoms with Crippen LogP contribution in [0.2, 0.25) is 5.02 Å². The zero-order chi connectivity index (χ0) is 11.6. The molecule has 0 amide bonds. The molecule has 3 aliphatic rings. The van der Waals surface area contributed by atoms with Crippen molar-refractivity contribution in [2.24, 2.45) is 11.8 Å². The minimum Gasteiger partial charge on any atom is -0.359 e. The summed E-state index contributed by atoms with van der Waals surface area (Å²) in [6, 6.07) is 8.13. The van der Waals surface area contributed by atoms with Gasteiger partial charge in [0.2, 0.25) is 0 Å². The summed E-state index contributed by atoms with van der Waals surface area (Å²) in [5, 5.41) is 0.798. The standard InChI is InChI=1S/C14H14BrClO/c15-12-9-1-4-10(7-9)14(12)13(17-14)8-2-5-11(16)6-3-8/h2-3,5-6,9-10,12-13H,1,4,7H2/t9-,10+,12+,13-,14-/m0/s1. The second-order valence-electron chi connectivity index (χ2n) is 5.57. The lowest BCUT2D eigenvalue weighted by Crippen LogP contribution is -2.32. The van der Waals surface area contributed by atoms with Crippen molar-refractivity contribution in [2.75, 3.05) is 0 Å². The Morgan fingerprint density at radius 2 is 2.00 bits per heavy atom. The second-order valence-corrected chi connectivity index (χ2v) is 7.00. The Balaban J connectivity index is 1.65. The molecule has 1 spiro atoms. The van der Waals surface area contributed by atoms with Gasteiger partial charge in [0.1, 0.15) is 11.7 Å². The molecule has 2 aliphatic carbocycles. The summed E-state index contributed by atoms with van der Waals surface area (Å²) in [6.07, 6.45) is 4.36. The summed E-state index contributed by atoms with van der Waals surface area (Å²) >= 11 is 9.81. The van der Waals surface area contributed by atoms with E-state index in [1.165, 1.54) is 24.8 Å². The Kier molecular flexibility index (Phi) is 2.23. The smallest absolute Gasteiger partial charge is 0.115 e. The van der Waals surface area contributed by atoms with Crippen molar-refractivity contribution in [1.82, 2.24) is 0 Å². The number of epoxide rings is 1. The second kappa shape index (κ2) is 3.49. The molecule has 0 unspecified atom stereocenters. The van der Waals surface area contributed by atoms with Crippen molar-refractivity contribution in [1.29, 1.82) is 0 Å². The summed E-state index contributed by atoms with van der Waals surface area (Å²) < 4.78 is 6.15. The van der Waals surface area contributed by atoms with Crippen LogP contribution in [0.4, 0.5) is 0 Å². The molecule has 0 aromatic heterocycles. The van der Waals surface area contributed by atoms with Crippen molar-refractivity contribution in [2.45, 2.75) is 35.8 Å². The molecule has 4 rings (SSSR count). The van der Waals surface area contributed by atoms with E-state index < -0.39 is 0 Å². The number of hydrogen-bond donors (Lipinski definition) is 0. The molecule has 17 heavy (non-hydrogen) atoms. The molecule has 0 N–H and O–H groups in total. The van der Waals surface area contributed by atoms with Crippen LogP contribution < -0.4 is 0 Å². The summed E-state index contributed by atoms with van der Waals surface area (Å²) in [6.45, 7) is 0. The molecule has 0 radical (unpaired) electrons. The summed E-state index contributed by atoms with van der Waals surface area (Å²) in [5.74, 6) is 1.59. The molecule has 90 valence electrons. The van der Waals surface area contributed by atoms with Crippen molar-refractivity contribution < 1.29 is 4.74 Å². The first-order valence-electron chi connectivity index (χ1n) is 6.29. The monoisotopic (exact) mass is 312 g/mol. The minimum atomic E-state index is 0.108. The summed E-state index contributed by atoms with van der Waals surface area (Å²) in [7, 11) is 0. The number of benzene rings is 1. The topological polar surface area (TPSA) is 12.5 Å². The molecule has 1 nitrogen and oxygen atoms in total. The number of halogens is 2. The van der Waals surface area contributed by atoms with Crippen LogP contribution in [0.1, 0.15) is 30.9 Å². The van der Waals surface area contributed by atoms with Crippen molar-refractivity contribution >= 4 is 27.5 Å². The quantitative estimate of drug-likeness (QED) is 0.555. The Morgan fingerprint density at radius 1 is 1.24 bits per heavy atom. The fourth-order valence-corrected chi connectivity index (χ4v) is 5.27. The van der Waals surface area contributed by atoms with Crippen LogP contribution >= 0.6 is 27.5 Å². The average molecular weight is 314 g/mol. The first-order valence-corrected chi connectivity index (χ1v) is 7.58. The molecule has 3 heteroatoms. The highest BCUT2D eigenvalue weighted by Crippen LogP contribution is 2.69. The lowest BCUT2D eigenvalue weighted by molar-refractivity contribution is 0.224. The molecule has 1 aromatic rings. The molecule has 1 heterocycles. The van der Waals surface area contributed by atoms with Crippen LogP contribution in [0.3, 0.4) is 0 Å². The predicted molar refractivity (Wildman–Crippen MR) is 71.6 cm³/mol. The van der Waals surface area contributed by atoms with E-state index in [1.54, 1.807) is 0 Å². The molecule has 2 bridgehead atoms. The van der Waals surface area contributed by atoms with Crippen LogP contribution in [-0.2, 0) is 4.74 Å². The minimum absolute atomic E-state index is 0.108. The Labute approximate surface area is 115 Å². The van der Waals surface area contributed by atoms with Crippen LogP contribution in [0.25, 0.3) is 0 Å². The Morgan fingerprint density at radius 3 is 2.65 bits per heavy atom. The van der Waals surface area contributed by atoms with Gasteiger partial charge in [0.15, 0.2) is 0 Å². The zero-order valence-corrected chi connectivity index (χ0v) is 11.7. The molecular weight excluding hydrogens is 300 g/mol. The molecule has 5 atom stereocenters. The highest BCUT2D eigenvalue weighted by atomic mass is 79.9. The summed E-state index contributed by atoms with van der Waals surface area (Å²) in [4.78, 5) is 0.550. The molecule has 2 saturated carbocycles. The lowest BCUT2D eigenvalue weighted by Gasteiger charge is -2.24. The molecule has 1 aromatic carbocycles. The fourth-order valence-electron chi connectivity index (χ4n) is 3.94. The van der Waals surface area contributed by atoms with E-state index in [2.05, 4.69) is 28.1 Å². The maximum absolute atomic E-state index is 6.15. The third-order valence-corrected chi connectivity index (χ3v) is 6.52. The molecule has 3 fully saturated rings. The van der Waals surface area contributed by atoms with Gasteiger partial charge in [0.05, 0.1) is 0 Å². The van der Waals surface area contributed by atoms with E-state index in [9.17, 15) is 0 Å². The Hall–Kier alpha value is -0.0500. The van der Waals surface area contributed by atoms with Crippen LogP contribution in [-0.4, -0.2) is 10.4 Å². The normalized spacial score (nSPS) is 46.7. The largest absolute Gasteiger partial charge is 0.359 e. The number of hydrogen-bond acceptors (Lipinski definition) is 1. The molecule has 1 aliphatic heterocycles. The molecular formula is C14H14BrClO. The van der Waals surface area contributed by atoms with E-state index >= 15 is 0 Å². The summed E-state index contributed by atoms with van der Waals surface area (Å²) in [5.41, 5.74) is 1.39. The van der Waals surface area contributed by atoms with Crippen molar-refractivity contribution in [3.8, 4) is 0 Å². The van der Waals surface area contributed by atoms with Crippen molar-refractivity contribution in [3.63, 3.8) is 0 Å². The first-order chi connectivity index (χ1) is 8.22. The maximum Gasteiger partial charge on any atom is 0.115 e. The first kappa shape index (κ1) is 10.8. The number of ether oxygens (including phenoxy) is 1. The predicted octanol–water partition coefficient (Wildman–Crippen LogP) is 4.34. The van der Waals surface area contributed by atoms with Crippen molar-refractivity contribution in [3.05, 3.63) is 34.9 Å². The average Bonchev–Trinajstić information content (AvgIpc) is 2.77. The van der Waals surface area contributed by atoms with Gasteiger partial charge in [-0.3, -0.25) is 0 Å². The van der Waals surface area contributed by atoms with E-state index in [1.807, 2.05) is 12.1 Å². The van der Waals surface area contributed by atoms with Crippen LogP contribution in [0, 0.1) is 11.8 Å². The van der Waals surface area contributed by atoms with Crippen LogP contribution in [0.5, 0.6) is 0 Å². The zero-order valence-electron chi connectivity index (χ0n) is 9.40. The van der Waals surface area contributed by atoms with Gasteiger partial charge in [0, 0.05) is 9.85 Å². The van der Waals surface area contributed by atoms with Gasteiger partial charge in [-0.05, 0) is 48.8 Å². The lowest BCUT2D eigenvalue weighted by atomic mass is 9.84. The van der Waals surface area contributed by atoms with Gasteiger partial charge in [-0.1, -0.05) is 39.7 Å². The van der Waals surface area contributed by atoms with E-state index in [-0.39, 0.29) is 5.60 Å². The van der Waals surface area contributed by atoms with Gasteiger partial charge in [-0.15, -0.1) is 0 Å². The van der Waals surface area contributed by atoms with E-state index in [4.69, 9.17) is 16.3 Å². The SMILES string of the molecule is Clc1ccc([C@@H]2O[C@]23[C@@H]2CC[C@@H](C2)[C@H]3Br)cc1. The number of alkyl halides is 1. The highest BCUT2D eigenvalue weighted by Gasteiger charge is 2.72. The van der Waals surface area contributed by atoms with E-state index in [0.29, 0.717) is 10.9 Å². The van der Waals surface area contributed by atoms with E-state index in [0.717, 1.165) is 16.9 Å². The van der Waals surface area contributed by atoms with Crippen LogP contribution in [0.15, 0.2) is 24.3 Å². The number of fused-ring (bicyclic) bond motifs is 3. The number of rotatable bonds is 1. The van der Waals surface area contributed by atoms with Gasteiger partial charge >= 0.3 is 0 Å². The highest BCUT2D eigenvalue weighted by molar-refractivity contribution is 9.09. The third kappa shape index (κ3) is 1.35. The fraction of sp³-hybridized carbons (Fsp3) is 0.571. The molecule has 1 saturated heterocycles.